The SMILES string of the molecule is CCC(C)C(C)NC(C)C(=O)NC(C)(C)CC. The minimum atomic E-state index is -0.134. The molecule has 0 rings (SSSR count). The molecule has 102 valence electrons. The zero-order chi connectivity index (χ0) is 13.6. The lowest BCUT2D eigenvalue weighted by atomic mass is 9.99. The van der Waals surface area contributed by atoms with Crippen LogP contribution in [-0.2, 0) is 4.79 Å². The Balaban J connectivity index is 4.23. The van der Waals surface area contributed by atoms with Crippen molar-refractivity contribution in [1.29, 1.82) is 0 Å². The summed E-state index contributed by atoms with van der Waals surface area (Å²) < 4.78 is 0. The molecule has 0 aliphatic heterocycles. The molecule has 0 saturated heterocycles. The second-order valence-electron chi connectivity index (χ2n) is 5.79. The molecular weight excluding hydrogens is 212 g/mol. The van der Waals surface area contributed by atoms with E-state index < -0.39 is 0 Å². The Bertz CT molecular complexity index is 238. The zero-order valence-corrected chi connectivity index (χ0v) is 12.6. The maximum absolute atomic E-state index is 12.0. The van der Waals surface area contributed by atoms with Gasteiger partial charge in [-0.15, -0.1) is 0 Å². The summed E-state index contributed by atoms with van der Waals surface area (Å²) in [6.45, 7) is 14.6. The molecule has 3 atom stereocenters. The minimum absolute atomic E-state index is 0.0898. The predicted octanol–water partition coefficient (Wildman–Crippen LogP) is 2.70. The largest absolute Gasteiger partial charge is 0.350 e. The van der Waals surface area contributed by atoms with E-state index in [1.807, 2.05) is 6.92 Å². The van der Waals surface area contributed by atoms with Gasteiger partial charge in [-0.05, 0) is 40.0 Å². The third kappa shape index (κ3) is 6.06. The molecule has 0 aliphatic carbocycles. The summed E-state index contributed by atoms with van der Waals surface area (Å²) in [4.78, 5) is 12.0. The lowest BCUT2D eigenvalue weighted by Crippen LogP contribution is -2.53. The van der Waals surface area contributed by atoms with Crippen molar-refractivity contribution in [2.45, 2.75) is 78.9 Å². The van der Waals surface area contributed by atoms with Gasteiger partial charge in [0.2, 0.25) is 5.91 Å². The summed E-state index contributed by atoms with van der Waals surface area (Å²) in [6, 6.07) is 0.232. The van der Waals surface area contributed by atoms with Crippen LogP contribution in [0, 0.1) is 5.92 Å². The number of hydrogen-bond donors (Lipinski definition) is 2. The Kier molecular flexibility index (Phi) is 6.76. The van der Waals surface area contributed by atoms with Crippen LogP contribution >= 0.6 is 0 Å². The Morgan fingerprint density at radius 2 is 1.71 bits per heavy atom. The van der Waals surface area contributed by atoms with Crippen molar-refractivity contribution in [3.63, 3.8) is 0 Å². The summed E-state index contributed by atoms with van der Waals surface area (Å²) in [5.41, 5.74) is -0.118. The third-order valence-electron chi connectivity index (χ3n) is 3.75. The molecule has 0 saturated carbocycles. The number of carbonyl (C=O) groups is 1. The first kappa shape index (κ1) is 16.4. The van der Waals surface area contributed by atoms with E-state index in [1.165, 1.54) is 0 Å². The summed E-state index contributed by atoms with van der Waals surface area (Å²) in [5.74, 6) is 0.677. The fraction of sp³-hybridized carbons (Fsp3) is 0.929. The molecule has 2 N–H and O–H groups in total. The first-order chi connectivity index (χ1) is 7.73. The average molecular weight is 242 g/mol. The van der Waals surface area contributed by atoms with E-state index >= 15 is 0 Å². The molecule has 1 amide bonds. The normalized spacial score (nSPS) is 17.4. The molecule has 17 heavy (non-hydrogen) atoms. The van der Waals surface area contributed by atoms with Gasteiger partial charge in [-0.3, -0.25) is 4.79 Å². The van der Waals surface area contributed by atoms with Gasteiger partial charge in [0.15, 0.2) is 0 Å². The van der Waals surface area contributed by atoms with E-state index in [4.69, 9.17) is 0 Å². The molecule has 3 nitrogen and oxygen atoms in total. The number of rotatable bonds is 7. The summed E-state index contributed by atoms with van der Waals surface area (Å²) in [6.07, 6.45) is 2.06. The maximum atomic E-state index is 12.0. The summed E-state index contributed by atoms with van der Waals surface area (Å²) >= 11 is 0. The fourth-order valence-electron chi connectivity index (χ4n) is 1.52. The second kappa shape index (κ2) is 7.00. The molecular formula is C14H30N2O. The highest BCUT2D eigenvalue weighted by Gasteiger charge is 2.23. The lowest BCUT2D eigenvalue weighted by Gasteiger charge is -2.29. The molecule has 0 radical (unpaired) electrons. The van der Waals surface area contributed by atoms with Gasteiger partial charge in [-0.1, -0.05) is 27.2 Å². The van der Waals surface area contributed by atoms with E-state index in [-0.39, 0.29) is 17.5 Å². The van der Waals surface area contributed by atoms with E-state index in [0.29, 0.717) is 12.0 Å². The number of nitrogens with one attached hydrogen (secondary N) is 2. The summed E-state index contributed by atoms with van der Waals surface area (Å²) in [7, 11) is 0. The highest BCUT2D eigenvalue weighted by atomic mass is 16.2. The van der Waals surface area contributed by atoms with Crippen LogP contribution in [-0.4, -0.2) is 23.5 Å². The van der Waals surface area contributed by atoms with Crippen LogP contribution in [0.1, 0.15) is 61.3 Å². The molecule has 0 bridgehead atoms. The van der Waals surface area contributed by atoms with Gasteiger partial charge in [0.1, 0.15) is 0 Å². The van der Waals surface area contributed by atoms with Crippen LogP contribution in [0.25, 0.3) is 0 Å². The highest BCUT2D eigenvalue weighted by molar-refractivity contribution is 5.82. The quantitative estimate of drug-likeness (QED) is 0.720. The Morgan fingerprint density at radius 1 is 1.18 bits per heavy atom. The van der Waals surface area contributed by atoms with E-state index in [2.05, 4.69) is 52.2 Å². The highest BCUT2D eigenvalue weighted by Crippen LogP contribution is 2.09. The minimum Gasteiger partial charge on any atom is -0.350 e. The van der Waals surface area contributed by atoms with Gasteiger partial charge in [0, 0.05) is 11.6 Å². The Morgan fingerprint density at radius 3 is 2.12 bits per heavy atom. The van der Waals surface area contributed by atoms with Gasteiger partial charge < -0.3 is 10.6 Å². The van der Waals surface area contributed by atoms with Crippen molar-refractivity contribution in [3.05, 3.63) is 0 Å². The molecule has 0 aromatic carbocycles. The summed E-state index contributed by atoms with van der Waals surface area (Å²) in [5, 5.41) is 6.43. The van der Waals surface area contributed by atoms with E-state index in [1.54, 1.807) is 0 Å². The van der Waals surface area contributed by atoms with Gasteiger partial charge in [0.25, 0.3) is 0 Å². The average Bonchev–Trinajstić information content (AvgIpc) is 2.27. The molecule has 0 fully saturated rings. The molecule has 3 unspecified atom stereocenters. The van der Waals surface area contributed by atoms with Crippen molar-refractivity contribution in [3.8, 4) is 0 Å². The Labute approximate surface area is 107 Å². The van der Waals surface area contributed by atoms with Crippen LogP contribution < -0.4 is 10.6 Å². The topological polar surface area (TPSA) is 41.1 Å². The van der Waals surface area contributed by atoms with Crippen molar-refractivity contribution < 1.29 is 4.79 Å². The molecule has 0 aromatic heterocycles. The standard InChI is InChI=1S/C14H30N2O/c1-8-10(3)11(4)15-12(5)13(17)16-14(6,7)9-2/h10-12,15H,8-9H2,1-7H3,(H,16,17). The molecule has 3 heteroatoms. The van der Waals surface area contributed by atoms with Crippen LogP contribution in [0.5, 0.6) is 0 Å². The number of amides is 1. The lowest BCUT2D eigenvalue weighted by molar-refractivity contribution is -0.124. The molecule has 0 spiro atoms. The van der Waals surface area contributed by atoms with Gasteiger partial charge in [-0.25, -0.2) is 0 Å². The first-order valence-corrected chi connectivity index (χ1v) is 6.81. The van der Waals surface area contributed by atoms with Crippen LogP contribution in [0.4, 0.5) is 0 Å². The van der Waals surface area contributed by atoms with Crippen molar-refractivity contribution >= 4 is 5.91 Å². The van der Waals surface area contributed by atoms with Crippen molar-refractivity contribution in [2.24, 2.45) is 5.92 Å². The first-order valence-electron chi connectivity index (χ1n) is 6.81. The van der Waals surface area contributed by atoms with Gasteiger partial charge in [0.05, 0.1) is 6.04 Å². The number of carbonyl (C=O) groups excluding carboxylic acids is 1. The molecule has 0 aliphatic rings. The zero-order valence-electron chi connectivity index (χ0n) is 12.6. The third-order valence-corrected chi connectivity index (χ3v) is 3.75. The van der Waals surface area contributed by atoms with Crippen molar-refractivity contribution in [1.82, 2.24) is 10.6 Å². The van der Waals surface area contributed by atoms with Gasteiger partial charge >= 0.3 is 0 Å². The van der Waals surface area contributed by atoms with Crippen molar-refractivity contribution in [2.75, 3.05) is 0 Å². The molecule has 0 aromatic rings. The van der Waals surface area contributed by atoms with Crippen LogP contribution in [0.15, 0.2) is 0 Å². The predicted molar refractivity (Wildman–Crippen MR) is 74.0 cm³/mol. The van der Waals surface area contributed by atoms with Crippen LogP contribution in [0.2, 0.25) is 0 Å². The molecule has 0 heterocycles. The van der Waals surface area contributed by atoms with Gasteiger partial charge in [-0.2, -0.15) is 0 Å². The van der Waals surface area contributed by atoms with E-state index in [0.717, 1.165) is 12.8 Å². The monoisotopic (exact) mass is 242 g/mol. The van der Waals surface area contributed by atoms with E-state index in [9.17, 15) is 4.79 Å². The maximum Gasteiger partial charge on any atom is 0.237 e. The Hall–Kier alpha value is -0.570. The fourth-order valence-corrected chi connectivity index (χ4v) is 1.52. The smallest absolute Gasteiger partial charge is 0.237 e. The van der Waals surface area contributed by atoms with Crippen LogP contribution in [0.3, 0.4) is 0 Å². The number of hydrogen-bond acceptors (Lipinski definition) is 2. The second-order valence-corrected chi connectivity index (χ2v) is 5.79.